The van der Waals surface area contributed by atoms with Crippen molar-refractivity contribution in [2.75, 3.05) is 13.1 Å². The number of nitrogens with zero attached hydrogens (tertiary/aromatic N) is 2. The fraction of sp³-hybridized carbons (Fsp3) is 0.389. The molecule has 3 rings (SSSR count). The Balaban J connectivity index is 1.90. The van der Waals surface area contributed by atoms with Crippen molar-refractivity contribution in [1.29, 1.82) is 0 Å². The van der Waals surface area contributed by atoms with Gasteiger partial charge >= 0.3 is 0 Å². The first-order chi connectivity index (χ1) is 11.6. The van der Waals surface area contributed by atoms with E-state index in [1.807, 2.05) is 44.2 Å². The summed E-state index contributed by atoms with van der Waals surface area (Å²) in [6, 6.07) is 9.26. The van der Waals surface area contributed by atoms with Crippen molar-refractivity contribution < 1.29 is 9.59 Å². The molecule has 2 heterocycles. The molecule has 0 spiro atoms. The summed E-state index contributed by atoms with van der Waals surface area (Å²) >= 11 is 0. The van der Waals surface area contributed by atoms with E-state index in [2.05, 4.69) is 15.5 Å². The number of H-pyrrole nitrogens is 1. The zero-order chi connectivity index (χ0) is 17.1. The zero-order valence-electron chi connectivity index (χ0n) is 14.0. The third-order valence-corrected chi connectivity index (χ3v) is 4.54. The van der Waals surface area contributed by atoms with Crippen molar-refractivity contribution in [3.63, 3.8) is 0 Å². The number of benzene rings is 1. The number of carbonyl (C=O) groups excluding carboxylic acids is 2. The van der Waals surface area contributed by atoms with Gasteiger partial charge in [0.2, 0.25) is 5.91 Å². The fourth-order valence-corrected chi connectivity index (χ4v) is 2.99. The molecule has 1 fully saturated rings. The Labute approximate surface area is 141 Å². The van der Waals surface area contributed by atoms with Crippen molar-refractivity contribution >= 4 is 11.8 Å². The molecule has 6 nitrogen and oxygen atoms in total. The number of rotatable bonds is 3. The number of nitrogens with one attached hydrogen (secondary N) is 2. The molecule has 0 radical (unpaired) electrons. The highest BCUT2D eigenvalue weighted by Gasteiger charge is 2.33. The van der Waals surface area contributed by atoms with Crippen LogP contribution in [0.15, 0.2) is 30.3 Å². The van der Waals surface area contributed by atoms with E-state index in [-0.39, 0.29) is 11.8 Å². The predicted molar refractivity (Wildman–Crippen MR) is 90.7 cm³/mol. The lowest BCUT2D eigenvalue weighted by Crippen LogP contribution is -2.48. The lowest BCUT2D eigenvalue weighted by molar-refractivity contribution is -0.124. The summed E-state index contributed by atoms with van der Waals surface area (Å²) < 4.78 is 0. The largest absolute Gasteiger partial charge is 0.354 e. The second-order valence-electron chi connectivity index (χ2n) is 6.17. The minimum Gasteiger partial charge on any atom is -0.354 e. The van der Waals surface area contributed by atoms with Gasteiger partial charge in [-0.25, -0.2) is 0 Å². The van der Waals surface area contributed by atoms with Crippen LogP contribution in [0.5, 0.6) is 0 Å². The molecule has 0 bridgehead atoms. The number of carbonyl (C=O) groups is 2. The lowest BCUT2D eigenvalue weighted by Gasteiger charge is -2.28. The highest BCUT2D eigenvalue weighted by atomic mass is 16.2. The van der Waals surface area contributed by atoms with E-state index in [0.29, 0.717) is 25.2 Å². The van der Waals surface area contributed by atoms with Crippen molar-refractivity contribution in [2.24, 2.45) is 0 Å². The highest BCUT2D eigenvalue weighted by molar-refractivity contribution is 5.97. The van der Waals surface area contributed by atoms with Crippen LogP contribution in [0.25, 0.3) is 0 Å². The molecule has 1 aliphatic rings. The maximum Gasteiger partial charge on any atom is 0.275 e. The number of hydrogen-bond donors (Lipinski definition) is 2. The van der Waals surface area contributed by atoms with Crippen LogP contribution in [0.3, 0.4) is 0 Å². The molecule has 2 aromatic rings. The van der Waals surface area contributed by atoms with Crippen molar-refractivity contribution in [2.45, 2.75) is 32.7 Å². The molecule has 1 unspecified atom stereocenters. The maximum absolute atomic E-state index is 13.0. The first-order valence-corrected chi connectivity index (χ1v) is 8.22. The van der Waals surface area contributed by atoms with Gasteiger partial charge in [0.05, 0.1) is 0 Å². The first-order valence-electron chi connectivity index (χ1n) is 8.22. The number of aromatic nitrogens is 2. The second kappa shape index (κ2) is 6.86. The molecule has 1 saturated heterocycles. The Morgan fingerprint density at radius 1 is 1.29 bits per heavy atom. The summed E-state index contributed by atoms with van der Waals surface area (Å²) in [7, 11) is 0. The van der Waals surface area contributed by atoms with Gasteiger partial charge in [-0.15, -0.1) is 0 Å². The van der Waals surface area contributed by atoms with E-state index >= 15 is 0 Å². The van der Waals surface area contributed by atoms with Crippen molar-refractivity contribution in [1.82, 2.24) is 20.4 Å². The third kappa shape index (κ3) is 3.18. The summed E-state index contributed by atoms with van der Waals surface area (Å²) in [5, 5.41) is 9.90. The second-order valence-corrected chi connectivity index (χ2v) is 6.17. The van der Waals surface area contributed by atoms with Crippen molar-refractivity contribution in [3.8, 4) is 0 Å². The Bertz CT molecular complexity index is 739. The molecule has 1 aromatic heterocycles. The van der Waals surface area contributed by atoms with Gasteiger partial charge in [0.15, 0.2) is 5.69 Å². The number of amides is 2. The van der Waals surface area contributed by atoms with Gasteiger partial charge in [0, 0.05) is 30.8 Å². The van der Waals surface area contributed by atoms with Gasteiger partial charge in [-0.1, -0.05) is 30.3 Å². The van der Waals surface area contributed by atoms with Crippen LogP contribution in [-0.2, 0) is 11.2 Å². The van der Waals surface area contributed by atoms with Gasteiger partial charge in [-0.3, -0.25) is 14.7 Å². The average molecular weight is 326 g/mol. The number of hydrogen-bond acceptors (Lipinski definition) is 3. The van der Waals surface area contributed by atoms with E-state index in [9.17, 15) is 9.59 Å². The maximum atomic E-state index is 13.0. The predicted octanol–water partition coefficient (Wildman–Crippen LogP) is 1.60. The van der Waals surface area contributed by atoms with Gasteiger partial charge in [-0.2, -0.15) is 5.10 Å². The summed E-state index contributed by atoms with van der Waals surface area (Å²) in [5.41, 5.74) is 3.15. The Kier molecular flexibility index (Phi) is 4.64. The van der Waals surface area contributed by atoms with Gasteiger partial charge in [-0.05, 0) is 25.8 Å². The van der Waals surface area contributed by atoms with E-state index < -0.39 is 6.04 Å². The SMILES string of the molecule is Cc1[nH]nc(C(=O)N2CCCNC(=O)C2Cc2ccccc2)c1C. The summed E-state index contributed by atoms with van der Waals surface area (Å²) in [4.78, 5) is 27.2. The molecule has 1 atom stereocenters. The van der Waals surface area contributed by atoms with Crippen LogP contribution < -0.4 is 5.32 Å². The minimum absolute atomic E-state index is 0.102. The van der Waals surface area contributed by atoms with Crippen molar-refractivity contribution in [3.05, 3.63) is 52.8 Å². The average Bonchev–Trinajstić information content (AvgIpc) is 2.81. The smallest absolute Gasteiger partial charge is 0.275 e. The molecule has 1 aliphatic heterocycles. The lowest BCUT2D eigenvalue weighted by atomic mass is 10.0. The molecule has 6 heteroatoms. The Morgan fingerprint density at radius 3 is 2.71 bits per heavy atom. The molecule has 2 N–H and O–H groups in total. The van der Waals surface area contributed by atoms with E-state index in [1.165, 1.54) is 0 Å². The quantitative estimate of drug-likeness (QED) is 0.899. The van der Waals surface area contributed by atoms with Crippen LogP contribution in [0, 0.1) is 13.8 Å². The van der Waals surface area contributed by atoms with Gasteiger partial charge < -0.3 is 10.2 Å². The Hall–Kier alpha value is -2.63. The van der Waals surface area contributed by atoms with Gasteiger partial charge in [0.25, 0.3) is 5.91 Å². The highest BCUT2D eigenvalue weighted by Crippen LogP contribution is 2.18. The molecular weight excluding hydrogens is 304 g/mol. The number of aromatic amines is 1. The van der Waals surface area contributed by atoms with Crippen LogP contribution in [0.1, 0.15) is 33.7 Å². The normalized spacial score (nSPS) is 18.2. The Morgan fingerprint density at radius 2 is 2.04 bits per heavy atom. The molecule has 0 aliphatic carbocycles. The fourth-order valence-electron chi connectivity index (χ4n) is 2.99. The molecule has 1 aromatic carbocycles. The molecular formula is C18H22N4O2. The third-order valence-electron chi connectivity index (χ3n) is 4.54. The summed E-state index contributed by atoms with van der Waals surface area (Å²) in [5.74, 6) is -0.288. The molecule has 126 valence electrons. The monoisotopic (exact) mass is 326 g/mol. The van der Waals surface area contributed by atoms with Crippen LogP contribution >= 0.6 is 0 Å². The molecule has 0 saturated carbocycles. The van der Waals surface area contributed by atoms with Crippen LogP contribution in [-0.4, -0.2) is 46.0 Å². The zero-order valence-corrected chi connectivity index (χ0v) is 14.0. The van der Waals surface area contributed by atoms with E-state index in [0.717, 1.165) is 23.2 Å². The van der Waals surface area contributed by atoms with Crippen LogP contribution in [0.2, 0.25) is 0 Å². The van der Waals surface area contributed by atoms with E-state index in [1.54, 1.807) is 4.90 Å². The topological polar surface area (TPSA) is 78.1 Å². The van der Waals surface area contributed by atoms with Crippen LogP contribution in [0.4, 0.5) is 0 Å². The summed E-state index contributed by atoms with van der Waals surface area (Å²) in [6.07, 6.45) is 1.24. The van der Waals surface area contributed by atoms with Gasteiger partial charge in [0.1, 0.15) is 6.04 Å². The minimum atomic E-state index is -0.515. The van der Waals surface area contributed by atoms with E-state index in [4.69, 9.17) is 0 Å². The molecule has 24 heavy (non-hydrogen) atoms. The number of aryl methyl sites for hydroxylation is 1. The first kappa shape index (κ1) is 16.2. The molecule has 2 amide bonds. The standard InChI is InChI=1S/C18H22N4O2/c1-12-13(2)20-21-16(12)18(24)22-10-6-9-19-17(23)15(22)11-14-7-4-3-5-8-14/h3-5,7-8,15H,6,9-11H2,1-2H3,(H,19,23)(H,20,21). The summed E-state index contributed by atoms with van der Waals surface area (Å²) in [6.45, 7) is 4.89.